The van der Waals surface area contributed by atoms with Crippen LogP contribution in [0.1, 0.15) is 52.5 Å². The molecule has 0 saturated heterocycles. The number of benzene rings is 1. The molecule has 3 heteroatoms. The minimum absolute atomic E-state index is 0.0600. The van der Waals surface area contributed by atoms with Crippen molar-refractivity contribution in [1.29, 1.82) is 0 Å². The van der Waals surface area contributed by atoms with Crippen LogP contribution < -0.4 is 0 Å². The Morgan fingerprint density at radius 1 is 1.00 bits per heavy atom. The Morgan fingerprint density at radius 2 is 1.56 bits per heavy atom. The first-order chi connectivity index (χ1) is 8.27. The molecule has 0 spiro atoms. The van der Waals surface area contributed by atoms with E-state index in [0.717, 1.165) is 24.8 Å². The van der Waals surface area contributed by atoms with Crippen LogP contribution in [-0.2, 0) is 15.3 Å². The summed E-state index contributed by atoms with van der Waals surface area (Å²) in [6, 6.07) is 7.32. The minimum Gasteiger partial charge on any atom is -0.224 e. The van der Waals surface area contributed by atoms with E-state index in [2.05, 4.69) is 27.7 Å². The van der Waals surface area contributed by atoms with Gasteiger partial charge in [0.25, 0.3) is 0 Å². The molecule has 0 aliphatic rings. The highest BCUT2D eigenvalue weighted by Gasteiger charge is 2.17. The third-order valence-corrected chi connectivity index (χ3v) is 4.91. The fourth-order valence-electron chi connectivity index (χ4n) is 1.82. The van der Waals surface area contributed by atoms with Gasteiger partial charge in [-0.15, -0.1) is 0 Å². The lowest BCUT2D eigenvalue weighted by molar-refractivity contribution is 0.584. The van der Waals surface area contributed by atoms with E-state index in [1.807, 2.05) is 12.1 Å². The van der Waals surface area contributed by atoms with Gasteiger partial charge in [0.05, 0.1) is 10.6 Å². The van der Waals surface area contributed by atoms with E-state index < -0.39 is 9.84 Å². The maximum Gasteiger partial charge on any atom is 0.178 e. The Kier molecular flexibility index (Phi) is 4.97. The van der Waals surface area contributed by atoms with Gasteiger partial charge >= 0.3 is 0 Å². The van der Waals surface area contributed by atoms with Crippen molar-refractivity contribution in [2.45, 2.75) is 57.3 Å². The molecule has 0 unspecified atom stereocenters. The molecule has 102 valence electrons. The zero-order valence-electron chi connectivity index (χ0n) is 11.9. The highest BCUT2D eigenvalue weighted by Crippen LogP contribution is 2.24. The third kappa shape index (κ3) is 4.13. The molecule has 0 aliphatic heterocycles. The van der Waals surface area contributed by atoms with Crippen molar-refractivity contribution in [3.05, 3.63) is 29.8 Å². The van der Waals surface area contributed by atoms with Crippen LogP contribution in [-0.4, -0.2) is 14.2 Å². The summed E-state index contributed by atoms with van der Waals surface area (Å²) >= 11 is 0. The van der Waals surface area contributed by atoms with Crippen LogP contribution in [0.5, 0.6) is 0 Å². The van der Waals surface area contributed by atoms with Gasteiger partial charge < -0.3 is 0 Å². The fourth-order valence-corrected chi connectivity index (χ4v) is 3.19. The molecule has 0 aliphatic carbocycles. The number of sulfone groups is 1. The van der Waals surface area contributed by atoms with Crippen LogP contribution >= 0.6 is 0 Å². The third-order valence-electron chi connectivity index (χ3n) is 3.10. The summed E-state index contributed by atoms with van der Waals surface area (Å²) in [6.07, 6.45) is 2.76. The SMILES string of the molecule is CCCCCS(=O)(=O)c1ccc(C(C)(C)C)cc1. The Labute approximate surface area is 111 Å². The number of hydrogen-bond acceptors (Lipinski definition) is 2. The van der Waals surface area contributed by atoms with Crippen LogP contribution in [0.3, 0.4) is 0 Å². The number of hydrogen-bond donors (Lipinski definition) is 0. The first-order valence-corrected chi connectivity index (χ1v) is 8.26. The van der Waals surface area contributed by atoms with E-state index in [-0.39, 0.29) is 11.2 Å². The molecule has 18 heavy (non-hydrogen) atoms. The minimum atomic E-state index is -3.09. The molecule has 1 rings (SSSR count). The summed E-state index contributed by atoms with van der Waals surface area (Å²) in [5.74, 6) is 0.260. The van der Waals surface area contributed by atoms with E-state index >= 15 is 0 Å². The first-order valence-electron chi connectivity index (χ1n) is 6.60. The summed E-state index contributed by atoms with van der Waals surface area (Å²) < 4.78 is 24.1. The van der Waals surface area contributed by atoms with Gasteiger partial charge in [-0.05, 0) is 29.5 Å². The molecule has 0 N–H and O–H groups in total. The molecule has 0 fully saturated rings. The van der Waals surface area contributed by atoms with E-state index in [1.165, 1.54) is 0 Å². The molecule has 1 aromatic rings. The van der Waals surface area contributed by atoms with Crippen LogP contribution in [0.15, 0.2) is 29.2 Å². The van der Waals surface area contributed by atoms with E-state index in [4.69, 9.17) is 0 Å². The molecule has 0 atom stereocenters. The monoisotopic (exact) mass is 268 g/mol. The molecular weight excluding hydrogens is 244 g/mol. The standard InChI is InChI=1S/C15H24O2S/c1-5-6-7-12-18(16,17)14-10-8-13(9-11-14)15(2,3)4/h8-11H,5-7,12H2,1-4H3. The predicted octanol–water partition coefficient (Wildman–Crippen LogP) is 3.95. The second-order valence-corrected chi connectivity index (χ2v) is 7.91. The maximum absolute atomic E-state index is 12.1. The zero-order valence-corrected chi connectivity index (χ0v) is 12.7. The molecule has 0 radical (unpaired) electrons. The second kappa shape index (κ2) is 5.87. The van der Waals surface area contributed by atoms with Gasteiger partial charge in [0.1, 0.15) is 0 Å². The molecule has 0 heterocycles. The average Bonchev–Trinajstić information content (AvgIpc) is 2.28. The van der Waals surface area contributed by atoms with E-state index in [0.29, 0.717) is 4.90 Å². The first kappa shape index (κ1) is 15.2. The van der Waals surface area contributed by atoms with Gasteiger partial charge in [0, 0.05) is 0 Å². The fraction of sp³-hybridized carbons (Fsp3) is 0.600. The summed E-state index contributed by atoms with van der Waals surface area (Å²) in [4.78, 5) is 0.451. The topological polar surface area (TPSA) is 34.1 Å². The summed E-state index contributed by atoms with van der Waals surface area (Å²) in [7, 11) is -3.09. The van der Waals surface area contributed by atoms with Gasteiger partial charge in [0.15, 0.2) is 9.84 Å². The van der Waals surface area contributed by atoms with Crippen molar-refractivity contribution in [2.24, 2.45) is 0 Å². The van der Waals surface area contributed by atoms with E-state index in [9.17, 15) is 8.42 Å². The van der Waals surface area contributed by atoms with E-state index in [1.54, 1.807) is 12.1 Å². The van der Waals surface area contributed by atoms with Crippen molar-refractivity contribution in [2.75, 3.05) is 5.75 Å². The van der Waals surface area contributed by atoms with Crippen LogP contribution in [0.2, 0.25) is 0 Å². The lowest BCUT2D eigenvalue weighted by Crippen LogP contribution is -2.12. The van der Waals surface area contributed by atoms with Crippen LogP contribution in [0.25, 0.3) is 0 Å². The van der Waals surface area contributed by atoms with Gasteiger partial charge in [-0.25, -0.2) is 8.42 Å². The second-order valence-electron chi connectivity index (χ2n) is 5.80. The summed E-state index contributed by atoms with van der Waals surface area (Å²) in [5, 5.41) is 0. The van der Waals surface area contributed by atoms with Gasteiger partial charge in [-0.2, -0.15) is 0 Å². The predicted molar refractivity (Wildman–Crippen MR) is 76.7 cm³/mol. The van der Waals surface area contributed by atoms with Crippen molar-refractivity contribution in [1.82, 2.24) is 0 Å². The lowest BCUT2D eigenvalue weighted by atomic mass is 9.87. The van der Waals surface area contributed by atoms with Crippen molar-refractivity contribution in [3.63, 3.8) is 0 Å². The van der Waals surface area contributed by atoms with Crippen molar-refractivity contribution in [3.8, 4) is 0 Å². The Balaban J connectivity index is 2.85. The number of rotatable bonds is 5. The number of unbranched alkanes of at least 4 members (excludes halogenated alkanes) is 2. The summed E-state index contributed by atoms with van der Waals surface area (Å²) in [5.41, 5.74) is 1.22. The molecular formula is C15H24O2S. The molecule has 0 bridgehead atoms. The van der Waals surface area contributed by atoms with Crippen molar-refractivity contribution < 1.29 is 8.42 Å². The Morgan fingerprint density at radius 3 is 2.00 bits per heavy atom. The molecule has 1 aromatic carbocycles. The highest BCUT2D eigenvalue weighted by molar-refractivity contribution is 7.91. The van der Waals surface area contributed by atoms with Crippen LogP contribution in [0.4, 0.5) is 0 Å². The zero-order chi connectivity index (χ0) is 13.8. The van der Waals surface area contributed by atoms with Gasteiger partial charge in [-0.1, -0.05) is 52.7 Å². The van der Waals surface area contributed by atoms with Crippen molar-refractivity contribution >= 4 is 9.84 Å². The molecule has 0 aromatic heterocycles. The average molecular weight is 268 g/mol. The Bertz CT molecular complexity index is 464. The molecule has 2 nitrogen and oxygen atoms in total. The maximum atomic E-state index is 12.1. The molecule has 0 saturated carbocycles. The largest absolute Gasteiger partial charge is 0.224 e. The quantitative estimate of drug-likeness (QED) is 0.758. The lowest BCUT2D eigenvalue weighted by Gasteiger charge is -2.19. The highest BCUT2D eigenvalue weighted by atomic mass is 32.2. The normalized spacial score (nSPS) is 12.7. The van der Waals surface area contributed by atoms with Crippen LogP contribution in [0, 0.1) is 0 Å². The smallest absolute Gasteiger partial charge is 0.178 e. The summed E-state index contributed by atoms with van der Waals surface area (Å²) in [6.45, 7) is 8.44. The van der Waals surface area contributed by atoms with Gasteiger partial charge in [0.2, 0.25) is 0 Å². The van der Waals surface area contributed by atoms with Gasteiger partial charge in [-0.3, -0.25) is 0 Å². The Hall–Kier alpha value is -0.830. The molecule has 0 amide bonds.